The largest absolute Gasteiger partial charge is 0.394 e. The zero-order chi connectivity index (χ0) is 15.6. The number of urea groups is 1. The number of aryl methyl sites for hydroxylation is 2. The van der Waals surface area contributed by atoms with Gasteiger partial charge < -0.3 is 15.3 Å². The predicted octanol–water partition coefficient (Wildman–Crippen LogP) is 2.14. The van der Waals surface area contributed by atoms with Crippen LogP contribution in [0.5, 0.6) is 0 Å². The first-order chi connectivity index (χ1) is 9.99. The lowest BCUT2D eigenvalue weighted by atomic mass is 9.91. The van der Waals surface area contributed by atoms with Crippen LogP contribution in [-0.2, 0) is 6.54 Å². The van der Waals surface area contributed by atoms with Gasteiger partial charge in [-0.3, -0.25) is 4.68 Å². The fourth-order valence-electron chi connectivity index (χ4n) is 3.14. The highest BCUT2D eigenvalue weighted by atomic mass is 16.3. The Morgan fingerprint density at radius 3 is 2.76 bits per heavy atom. The molecule has 2 unspecified atom stereocenters. The number of amides is 2. The number of piperidine rings is 1. The minimum Gasteiger partial charge on any atom is -0.394 e. The third kappa shape index (κ3) is 3.05. The minimum absolute atomic E-state index is 0.0147. The average molecular weight is 294 g/mol. The molecule has 0 saturated carbocycles. The average Bonchev–Trinajstić information content (AvgIpc) is 2.74. The number of likely N-dealkylation sites (tertiary alicyclic amines) is 1. The molecule has 2 atom stereocenters. The summed E-state index contributed by atoms with van der Waals surface area (Å²) in [6, 6.07) is -0.233. The smallest absolute Gasteiger partial charge is 0.322 e. The summed E-state index contributed by atoms with van der Waals surface area (Å²) in [6.45, 7) is 9.47. The van der Waals surface area contributed by atoms with Crippen molar-refractivity contribution in [1.82, 2.24) is 14.7 Å². The summed E-state index contributed by atoms with van der Waals surface area (Å²) >= 11 is 0. The zero-order valence-corrected chi connectivity index (χ0v) is 13.4. The number of anilines is 1. The van der Waals surface area contributed by atoms with Crippen LogP contribution in [0.25, 0.3) is 0 Å². The molecular weight excluding hydrogens is 268 g/mol. The Hall–Kier alpha value is -1.56. The highest BCUT2D eigenvalue weighted by Gasteiger charge is 2.31. The number of nitrogens with zero attached hydrogens (tertiary/aromatic N) is 3. The van der Waals surface area contributed by atoms with Crippen LogP contribution in [-0.4, -0.2) is 45.0 Å². The second-order valence-electron chi connectivity index (χ2n) is 5.85. The third-order valence-corrected chi connectivity index (χ3v) is 4.48. The summed E-state index contributed by atoms with van der Waals surface area (Å²) in [4.78, 5) is 14.3. The number of nitrogens with one attached hydrogen (secondary N) is 1. The second kappa shape index (κ2) is 6.47. The quantitative estimate of drug-likeness (QED) is 0.897. The summed E-state index contributed by atoms with van der Waals surface area (Å²) in [7, 11) is 0. The van der Waals surface area contributed by atoms with Gasteiger partial charge in [-0.1, -0.05) is 6.92 Å². The van der Waals surface area contributed by atoms with Gasteiger partial charge in [-0.25, -0.2) is 4.79 Å². The normalized spacial score (nSPS) is 22.4. The zero-order valence-electron chi connectivity index (χ0n) is 13.4. The van der Waals surface area contributed by atoms with E-state index in [0.717, 1.165) is 36.5 Å². The molecule has 2 rings (SSSR count). The van der Waals surface area contributed by atoms with E-state index in [9.17, 15) is 9.90 Å². The molecule has 0 radical (unpaired) electrons. The molecule has 1 aromatic heterocycles. The standard InChI is InChI=1S/C15H26N4O2/c1-5-19-12(4)14(11(3)17-19)16-15(21)18-8-6-7-10(2)13(18)9-20/h10,13,20H,5-9H2,1-4H3,(H,16,21). The highest BCUT2D eigenvalue weighted by Crippen LogP contribution is 2.25. The Kier molecular flexibility index (Phi) is 4.88. The van der Waals surface area contributed by atoms with Crippen molar-refractivity contribution in [1.29, 1.82) is 0 Å². The first-order valence-corrected chi connectivity index (χ1v) is 7.72. The molecule has 0 aromatic carbocycles. The van der Waals surface area contributed by atoms with E-state index in [-0.39, 0.29) is 18.7 Å². The molecule has 1 aliphatic heterocycles. The topological polar surface area (TPSA) is 70.4 Å². The molecule has 6 heteroatoms. The van der Waals surface area contributed by atoms with Gasteiger partial charge in [0.2, 0.25) is 0 Å². The van der Waals surface area contributed by atoms with Gasteiger partial charge in [0.1, 0.15) is 0 Å². The molecule has 2 heterocycles. The van der Waals surface area contributed by atoms with Gasteiger partial charge in [0.25, 0.3) is 0 Å². The SMILES string of the molecule is CCn1nc(C)c(NC(=O)N2CCCC(C)C2CO)c1C. The highest BCUT2D eigenvalue weighted by molar-refractivity contribution is 5.90. The molecule has 2 amide bonds. The molecule has 6 nitrogen and oxygen atoms in total. The molecule has 1 saturated heterocycles. The van der Waals surface area contributed by atoms with Gasteiger partial charge in [0.05, 0.1) is 29.7 Å². The van der Waals surface area contributed by atoms with Crippen molar-refractivity contribution >= 4 is 11.7 Å². The Morgan fingerprint density at radius 1 is 1.48 bits per heavy atom. The van der Waals surface area contributed by atoms with Crippen LogP contribution in [0.2, 0.25) is 0 Å². The number of hydrogen-bond donors (Lipinski definition) is 2. The number of aromatic nitrogens is 2. The van der Waals surface area contributed by atoms with Gasteiger partial charge in [-0.2, -0.15) is 5.10 Å². The Labute approximate surface area is 126 Å². The van der Waals surface area contributed by atoms with E-state index in [1.807, 2.05) is 25.5 Å². The minimum atomic E-state index is -0.137. The van der Waals surface area contributed by atoms with Crippen molar-refractivity contribution in [3.8, 4) is 0 Å². The summed E-state index contributed by atoms with van der Waals surface area (Å²) in [5, 5.41) is 17.0. The van der Waals surface area contributed by atoms with Crippen molar-refractivity contribution in [2.24, 2.45) is 5.92 Å². The molecule has 1 aromatic rings. The number of aliphatic hydroxyl groups is 1. The van der Waals surface area contributed by atoms with Crippen molar-refractivity contribution in [2.45, 2.75) is 53.1 Å². The van der Waals surface area contributed by atoms with E-state index in [1.54, 1.807) is 4.90 Å². The number of rotatable bonds is 3. The predicted molar refractivity (Wildman–Crippen MR) is 82.4 cm³/mol. The molecule has 0 aliphatic carbocycles. The molecule has 0 bridgehead atoms. The van der Waals surface area contributed by atoms with Gasteiger partial charge in [0.15, 0.2) is 0 Å². The summed E-state index contributed by atoms with van der Waals surface area (Å²) in [5.41, 5.74) is 2.58. The number of carbonyl (C=O) groups excluding carboxylic acids is 1. The van der Waals surface area contributed by atoms with Gasteiger partial charge >= 0.3 is 6.03 Å². The van der Waals surface area contributed by atoms with Crippen molar-refractivity contribution in [3.05, 3.63) is 11.4 Å². The molecular formula is C15H26N4O2. The third-order valence-electron chi connectivity index (χ3n) is 4.48. The maximum Gasteiger partial charge on any atom is 0.322 e. The van der Waals surface area contributed by atoms with E-state index < -0.39 is 0 Å². The Bertz CT molecular complexity index is 512. The molecule has 21 heavy (non-hydrogen) atoms. The first kappa shape index (κ1) is 15.8. The van der Waals surface area contributed by atoms with E-state index >= 15 is 0 Å². The summed E-state index contributed by atoms with van der Waals surface area (Å²) in [6.07, 6.45) is 2.04. The van der Waals surface area contributed by atoms with E-state index in [2.05, 4.69) is 17.3 Å². The maximum absolute atomic E-state index is 12.6. The van der Waals surface area contributed by atoms with Gasteiger partial charge in [-0.15, -0.1) is 0 Å². The van der Waals surface area contributed by atoms with Crippen molar-refractivity contribution in [3.63, 3.8) is 0 Å². The monoisotopic (exact) mass is 294 g/mol. The van der Waals surface area contributed by atoms with Crippen molar-refractivity contribution < 1.29 is 9.90 Å². The molecule has 2 N–H and O–H groups in total. The lowest BCUT2D eigenvalue weighted by Crippen LogP contribution is -2.51. The molecule has 1 aliphatic rings. The van der Waals surface area contributed by atoms with Crippen LogP contribution < -0.4 is 5.32 Å². The Balaban J connectivity index is 2.15. The number of hydrogen-bond acceptors (Lipinski definition) is 3. The second-order valence-corrected chi connectivity index (χ2v) is 5.85. The van der Waals surface area contributed by atoms with Gasteiger partial charge in [0, 0.05) is 13.1 Å². The van der Waals surface area contributed by atoms with Crippen LogP contribution in [0.15, 0.2) is 0 Å². The molecule has 1 fully saturated rings. The Morgan fingerprint density at radius 2 is 2.19 bits per heavy atom. The number of aliphatic hydroxyl groups excluding tert-OH is 1. The fraction of sp³-hybridized carbons (Fsp3) is 0.733. The van der Waals surface area contributed by atoms with Gasteiger partial charge in [-0.05, 0) is 39.5 Å². The van der Waals surface area contributed by atoms with Crippen LogP contribution >= 0.6 is 0 Å². The van der Waals surface area contributed by atoms with E-state index in [4.69, 9.17) is 0 Å². The first-order valence-electron chi connectivity index (χ1n) is 7.72. The summed E-state index contributed by atoms with van der Waals surface area (Å²) in [5.74, 6) is 0.329. The molecule has 0 spiro atoms. The van der Waals surface area contributed by atoms with Crippen LogP contribution in [0.4, 0.5) is 10.5 Å². The van der Waals surface area contributed by atoms with Crippen LogP contribution in [0.3, 0.4) is 0 Å². The fourth-order valence-corrected chi connectivity index (χ4v) is 3.14. The van der Waals surface area contributed by atoms with E-state index in [1.165, 1.54) is 0 Å². The van der Waals surface area contributed by atoms with E-state index in [0.29, 0.717) is 12.5 Å². The van der Waals surface area contributed by atoms with Crippen LogP contribution in [0.1, 0.15) is 38.1 Å². The molecule has 118 valence electrons. The number of carbonyl (C=O) groups is 1. The van der Waals surface area contributed by atoms with Crippen molar-refractivity contribution in [2.75, 3.05) is 18.5 Å². The lowest BCUT2D eigenvalue weighted by Gasteiger charge is -2.38. The summed E-state index contributed by atoms with van der Waals surface area (Å²) < 4.78 is 1.88. The lowest BCUT2D eigenvalue weighted by molar-refractivity contribution is 0.0811. The maximum atomic E-state index is 12.6. The van der Waals surface area contributed by atoms with Crippen LogP contribution in [0, 0.1) is 19.8 Å².